The SMILES string of the molecule is CCOCCOC(=O)Cl.CCOCCOC(=O)OC1=C(c2ccc([N+](=O)[O-])cc2)S(=O)(=O)c2ccccc21.O=[N+]([O-])c1ccc(C2=C(O)c3ccccc3S2(=O)=O)cc1. The molecule has 0 atom stereocenters. The minimum absolute atomic E-state index is 0.0227. The van der Waals surface area contributed by atoms with Gasteiger partial charge in [-0.3, -0.25) is 20.2 Å². The normalized spacial score (nSPS) is 14.1. The maximum absolute atomic E-state index is 13.1. The number of fused-ring (bicyclic) bond motifs is 2. The van der Waals surface area contributed by atoms with Gasteiger partial charge < -0.3 is 28.8 Å². The third-order valence-corrected chi connectivity index (χ3v) is 11.9. The molecule has 0 aliphatic carbocycles. The summed E-state index contributed by atoms with van der Waals surface area (Å²) in [7, 11) is -7.83. The quantitative estimate of drug-likeness (QED) is 0.0447. The fourth-order valence-electron chi connectivity index (χ4n) is 5.41. The lowest BCUT2D eigenvalue weighted by Gasteiger charge is -2.09. The molecular weight excluding hydrogens is 840 g/mol. The lowest BCUT2D eigenvalue weighted by Crippen LogP contribution is -2.12. The molecule has 0 saturated heterocycles. The van der Waals surface area contributed by atoms with E-state index in [0.29, 0.717) is 19.8 Å². The molecule has 0 unspecified atom stereocenters. The zero-order chi connectivity index (χ0) is 43.3. The van der Waals surface area contributed by atoms with Gasteiger partial charge in [-0.2, -0.15) is 0 Å². The number of nitro benzene ring substituents is 2. The Bertz CT molecular complexity index is 2490. The Kier molecular flexibility index (Phi) is 15.8. The van der Waals surface area contributed by atoms with E-state index in [4.69, 9.17) is 30.5 Å². The molecule has 0 amide bonds. The first-order chi connectivity index (χ1) is 28.1. The molecule has 2 aliphatic heterocycles. The molecule has 6 rings (SSSR count). The van der Waals surface area contributed by atoms with Gasteiger partial charge in [0.15, 0.2) is 5.76 Å². The van der Waals surface area contributed by atoms with Crippen LogP contribution in [-0.4, -0.2) is 83.0 Å². The number of sulfone groups is 2. The number of hydrogen-bond acceptors (Lipinski definition) is 16. The molecule has 312 valence electrons. The van der Waals surface area contributed by atoms with Crippen LogP contribution in [0.5, 0.6) is 0 Å². The van der Waals surface area contributed by atoms with E-state index in [0.717, 1.165) is 0 Å². The number of halogens is 1. The van der Waals surface area contributed by atoms with Gasteiger partial charge in [0.1, 0.15) is 28.8 Å². The van der Waals surface area contributed by atoms with Gasteiger partial charge in [-0.1, -0.05) is 24.3 Å². The van der Waals surface area contributed by atoms with E-state index in [1.807, 2.05) is 6.92 Å². The van der Waals surface area contributed by atoms with Crippen LogP contribution in [0, 0.1) is 20.2 Å². The van der Waals surface area contributed by atoms with Gasteiger partial charge in [0.05, 0.1) is 32.9 Å². The fourth-order valence-corrected chi connectivity index (χ4v) is 9.00. The van der Waals surface area contributed by atoms with Crippen LogP contribution in [0.2, 0.25) is 0 Å². The second kappa shape index (κ2) is 20.5. The van der Waals surface area contributed by atoms with Crippen molar-refractivity contribution >= 4 is 75.6 Å². The van der Waals surface area contributed by atoms with Crippen LogP contribution in [-0.2, 0) is 43.4 Å². The smallest absolute Gasteiger partial charge is 0.506 e. The summed E-state index contributed by atoms with van der Waals surface area (Å²) in [5, 5.41) is 31.7. The van der Waals surface area contributed by atoms with Crippen molar-refractivity contribution < 1.29 is 65.1 Å². The monoisotopic (exact) mass is 874 g/mol. The van der Waals surface area contributed by atoms with Gasteiger partial charge in [0.2, 0.25) is 19.7 Å². The maximum atomic E-state index is 13.1. The Morgan fingerprint density at radius 3 is 1.51 bits per heavy atom. The van der Waals surface area contributed by atoms with Gasteiger partial charge in [-0.15, -0.1) is 0 Å². The lowest BCUT2D eigenvalue weighted by atomic mass is 10.1. The Morgan fingerprint density at radius 2 is 1.05 bits per heavy atom. The number of non-ortho nitro benzene ring substituents is 2. The second-order valence-electron chi connectivity index (χ2n) is 11.6. The van der Waals surface area contributed by atoms with E-state index in [-0.39, 0.29) is 84.6 Å². The average molecular weight is 875 g/mol. The van der Waals surface area contributed by atoms with Crippen molar-refractivity contribution in [2.24, 2.45) is 0 Å². The van der Waals surface area contributed by atoms with E-state index in [1.54, 1.807) is 31.2 Å². The highest BCUT2D eigenvalue weighted by molar-refractivity contribution is 8.01. The van der Waals surface area contributed by atoms with Crippen molar-refractivity contribution in [3.8, 4) is 0 Å². The lowest BCUT2D eigenvalue weighted by molar-refractivity contribution is -0.385. The number of benzene rings is 4. The molecule has 4 aromatic carbocycles. The number of aliphatic hydroxyl groups is 1. The fraction of sp³-hybridized carbons (Fsp3) is 0.211. The van der Waals surface area contributed by atoms with Gasteiger partial charge in [-0.25, -0.2) is 26.4 Å². The number of aliphatic hydroxyl groups excluding tert-OH is 1. The highest BCUT2D eigenvalue weighted by Crippen LogP contribution is 2.45. The van der Waals surface area contributed by atoms with Crippen LogP contribution in [0.3, 0.4) is 0 Å². The van der Waals surface area contributed by atoms with Crippen LogP contribution < -0.4 is 0 Å². The number of hydrogen-bond donors (Lipinski definition) is 1. The first kappa shape index (κ1) is 45.5. The van der Waals surface area contributed by atoms with Crippen molar-refractivity contribution in [3.63, 3.8) is 0 Å². The summed E-state index contributed by atoms with van der Waals surface area (Å²) in [5.74, 6) is -0.518. The summed E-state index contributed by atoms with van der Waals surface area (Å²) >= 11 is 4.84. The maximum Gasteiger partial charge on any atom is 0.513 e. The molecule has 0 aromatic heterocycles. The number of carbonyl (C=O) groups excluding carboxylic acids is 2. The standard InChI is InChI=1S/C19H17NO8S.C14H9NO5S.C5H9ClO3/c1-2-26-11-12-27-19(21)28-17-15-5-3-4-6-16(15)29(24,25)18(17)13-7-9-14(10-8-13)20(22)23;16-13-11-3-1-2-4-12(11)21(19,20)14(13)9-5-7-10(8-6-9)15(17)18;1-2-8-3-4-9-5(6)7/h3-10H,2,11-12H2,1H3;1-8,16H;2-4H2,1H3. The summed E-state index contributed by atoms with van der Waals surface area (Å²) in [6.07, 6.45) is -1.08. The van der Waals surface area contributed by atoms with Crippen molar-refractivity contribution in [3.05, 3.63) is 140 Å². The van der Waals surface area contributed by atoms with Crippen LogP contribution in [0.15, 0.2) is 107 Å². The molecular formula is C38H35ClN2O16S2. The zero-order valence-corrected chi connectivity index (χ0v) is 33.5. The van der Waals surface area contributed by atoms with E-state index in [1.165, 1.54) is 72.8 Å². The topological polar surface area (TPSA) is 255 Å². The molecule has 21 heteroatoms. The molecule has 0 fully saturated rings. The summed E-state index contributed by atoms with van der Waals surface area (Å²) in [4.78, 5) is 41.9. The van der Waals surface area contributed by atoms with Gasteiger partial charge in [0, 0.05) is 60.2 Å². The van der Waals surface area contributed by atoms with Gasteiger partial charge in [-0.05, 0) is 73.5 Å². The summed E-state index contributed by atoms with van der Waals surface area (Å²) in [6, 6.07) is 22.2. The minimum Gasteiger partial charge on any atom is -0.506 e. The molecule has 1 N–H and O–H groups in total. The number of rotatable bonds is 13. The van der Waals surface area contributed by atoms with E-state index in [2.05, 4.69) is 4.74 Å². The average Bonchev–Trinajstić information content (AvgIpc) is 3.56. The highest BCUT2D eigenvalue weighted by atomic mass is 35.5. The Morgan fingerprint density at radius 1 is 0.627 bits per heavy atom. The van der Waals surface area contributed by atoms with Crippen molar-refractivity contribution in [1.82, 2.24) is 0 Å². The first-order valence-corrected chi connectivity index (χ1v) is 20.6. The van der Waals surface area contributed by atoms with Crippen molar-refractivity contribution in [2.45, 2.75) is 23.6 Å². The molecule has 18 nitrogen and oxygen atoms in total. The van der Waals surface area contributed by atoms with Crippen LogP contribution in [0.4, 0.5) is 21.0 Å². The predicted molar refractivity (Wildman–Crippen MR) is 212 cm³/mol. The van der Waals surface area contributed by atoms with Gasteiger partial charge in [0.25, 0.3) is 11.4 Å². The number of ether oxygens (including phenoxy) is 5. The summed E-state index contributed by atoms with van der Waals surface area (Å²) in [6.45, 7) is 5.50. The third kappa shape index (κ3) is 11.1. The predicted octanol–water partition coefficient (Wildman–Crippen LogP) is 7.56. The zero-order valence-electron chi connectivity index (χ0n) is 31.1. The Labute approximate surface area is 342 Å². The largest absolute Gasteiger partial charge is 0.513 e. The number of nitrogens with zero attached hydrogens (tertiary/aromatic N) is 2. The molecule has 0 bridgehead atoms. The molecule has 0 saturated carbocycles. The Hall–Kier alpha value is -6.19. The van der Waals surface area contributed by atoms with Crippen molar-refractivity contribution in [2.75, 3.05) is 39.6 Å². The van der Waals surface area contributed by atoms with E-state index in [9.17, 15) is 51.8 Å². The van der Waals surface area contributed by atoms with Crippen molar-refractivity contribution in [1.29, 1.82) is 0 Å². The third-order valence-electron chi connectivity index (χ3n) is 7.98. The Balaban J connectivity index is 0.000000223. The molecule has 4 aromatic rings. The summed E-state index contributed by atoms with van der Waals surface area (Å²) in [5.41, 5.74) is -0.298. The second-order valence-corrected chi connectivity index (χ2v) is 15.6. The van der Waals surface area contributed by atoms with E-state index >= 15 is 0 Å². The summed E-state index contributed by atoms with van der Waals surface area (Å²) < 4.78 is 75.5. The highest BCUT2D eigenvalue weighted by Gasteiger charge is 2.39. The van der Waals surface area contributed by atoms with E-state index < -0.39 is 41.1 Å². The number of nitro groups is 2. The van der Waals surface area contributed by atoms with Crippen LogP contribution >= 0.6 is 11.6 Å². The number of carbonyl (C=O) groups is 2. The molecule has 2 aliphatic rings. The minimum atomic E-state index is -4.00. The molecule has 2 heterocycles. The molecule has 0 spiro atoms. The molecule has 0 radical (unpaired) electrons. The molecule has 59 heavy (non-hydrogen) atoms. The van der Waals surface area contributed by atoms with Crippen LogP contribution in [0.25, 0.3) is 21.3 Å². The van der Waals surface area contributed by atoms with Crippen LogP contribution in [0.1, 0.15) is 36.1 Å². The first-order valence-electron chi connectivity index (χ1n) is 17.2. The van der Waals surface area contributed by atoms with Gasteiger partial charge >= 0.3 is 11.6 Å².